The third kappa shape index (κ3) is 4.00. The number of fused-ring (bicyclic) bond motifs is 1. The quantitative estimate of drug-likeness (QED) is 0.707. The molecule has 1 aromatic heterocycles. The summed E-state index contributed by atoms with van der Waals surface area (Å²) in [5.74, 6) is 0. The normalized spacial score (nSPS) is 16.1. The van der Waals surface area contributed by atoms with Crippen LogP contribution in [0.15, 0.2) is 41.4 Å². The number of hydrogen-bond donors (Lipinski definition) is 2. The number of rotatable bonds is 0. The molecule has 2 nitrogen and oxygen atoms in total. The summed E-state index contributed by atoms with van der Waals surface area (Å²) in [6.45, 7) is 0. The van der Waals surface area contributed by atoms with Gasteiger partial charge in [0, 0.05) is 22.5 Å². The minimum absolute atomic E-state index is 0.536. The minimum atomic E-state index is 0.536. The predicted octanol–water partition coefficient (Wildman–Crippen LogP) is 3.80. The van der Waals surface area contributed by atoms with Gasteiger partial charge in [0.25, 0.3) is 0 Å². The van der Waals surface area contributed by atoms with Gasteiger partial charge in [-0.15, -0.1) is 12.6 Å². The fourth-order valence-corrected chi connectivity index (χ4v) is 2.41. The van der Waals surface area contributed by atoms with Crippen molar-refractivity contribution in [3.05, 3.63) is 36.5 Å². The lowest BCUT2D eigenvalue weighted by atomic mass is 9.97. The van der Waals surface area contributed by atoms with Gasteiger partial charge in [-0.05, 0) is 37.1 Å². The van der Waals surface area contributed by atoms with E-state index in [-0.39, 0.29) is 0 Å². The van der Waals surface area contributed by atoms with Crippen LogP contribution in [-0.2, 0) is 0 Å². The molecule has 1 saturated carbocycles. The number of hydrogen-bond acceptors (Lipinski definition) is 3. The molecular weight excluding hydrogens is 240 g/mol. The Kier molecular flexibility index (Phi) is 5.02. The van der Waals surface area contributed by atoms with Crippen molar-refractivity contribution in [2.45, 2.75) is 43.0 Å². The summed E-state index contributed by atoms with van der Waals surface area (Å²) < 4.78 is 0. The molecule has 0 spiro atoms. The Hall–Kier alpha value is -1.06. The lowest BCUT2D eigenvalue weighted by Gasteiger charge is -2.15. The second-order valence-corrected chi connectivity index (χ2v) is 5.29. The van der Waals surface area contributed by atoms with Gasteiger partial charge >= 0.3 is 0 Å². The standard InChI is InChI=1S/C9H7NS.C6H13N/c11-8-3-4-9-7(6-8)2-1-5-10-9;7-6-4-2-1-3-5-6/h1-6,11H;6H,1-5,7H2. The van der Waals surface area contributed by atoms with Gasteiger partial charge in [0.15, 0.2) is 0 Å². The first-order valence-corrected chi connectivity index (χ1v) is 7.00. The van der Waals surface area contributed by atoms with Crippen LogP contribution in [0.25, 0.3) is 10.9 Å². The van der Waals surface area contributed by atoms with Crippen LogP contribution in [0, 0.1) is 0 Å². The molecule has 1 aliphatic carbocycles. The van der Waals surface area contributed by atoms with Crippen molar-refractivity contribution in [1.82, 2.24) is 4.98 Å². The second kappa shape index (κ2) is 6.76. The molecule has 0 aliphatic heterocycles. The third-order valence-electron chi connectivity index (χ3n) is 3.24. The second-order valence-electron chi connectivity index (χ2n) is 4.78. The zero-order valence-electron chi connectivity index (χ0n) is 10.5. The van der Waals surface area contributed by atoms with E-state index >= 15 is 0 Å². The van der Waals surface area contributed by atoms with Gasteiger partial charge in [0.2, 0.25) is 0 Å². The smallest absolute Gasteiger partial charge is 0.0702 e. The monoisotopic (exact) mass is 260 g/mol. The molecule has 1 aliphatic rings. The highest BCUT2D eigenvalue weighted by Crippen LogP contribution is 2.15. The number of nitrogens with zero attached hydrogens (tertiary/aromatic N) is 1. The maximum absolute atomic E-state index is 5.63. The van der Waals surface area contributed by atoms with Crippen LogP contribution >= 0.6 is 12.6 Å². The Bertz CT molecular complexity index is 493. The van der Waals surface area contributed by atoms with Gasteiger partial charge in [0.05, 0.1) is 5.52 Å². The number of aromatic nitrogens is 1. The molecule has 0 saturated heterocycles. The summed E-state index contributed by atoms with van der Waals surface area (Å²) in [4.78, 5) is 5.17. The summed E-state index contributed by atoms with van der Waals surface area (Å²) >= 11 is 4.23. The zero-order chi connectivity index (χ0) is 12.8. The first-order valence-electron chi connectivity index (χ1n) is 6.55. The fourth-order valence-electron chi connectivity index (χ4n) is 2.20. The van der Waals surface area contributed by atoms with Crippen molar-refractivity contribution in [1.29, 1.82) is 0 Å². The largest absolute Gasteiger partial charge is 0.328 e. The van der Waals surface area contributed by atoms with E-state index in [4.69, 9.17) is 5.73 Å². The maximum atomic E-state index is 5.63. The highest BCUT2D eigenvalue weighted by atomic mass is 32.1. The van der Waals surface area contributed by atoms with Gasteiger partial charge in [-0.3, -0.25) is 4.98 Å². The van der Waals surface area contributed by atoms with Crippen LogP contribution in [0.5, 0.6) is 0 Å². The summed E-state index contributed by atoms with van der Waals surface area (Å²) in [6, 6.07) is 10.4. The Labute approximate surface area is 114 Å². The third-order valence-corrected chi connectivity index (χ3v) is 3.51. The first kappa shape index (κ1) is 13.4. The van der Waals surface area contributed by atoms with E-state index in [0.29, 0.717) is 6.04 Å². The average Bonchev–Trinajstić information content (AvgIpc) is 2.40. The van der Waals surface area contributed by atoms with Crippen molar-refractivity contribution in [2.24, 2.45) is 5.73 Å². The highest BCUT2D eigenvalue weighted by Gasteiger charge is 2.06. The van der Waals surface area contributed by atoms with Crippen LogP contribution in [0.4, 0.5) is 0 Å². The van der Waals surface area contributed by atoms with Gasteiger partial charge in [-0.2, -0.15) is 0 Å². The first-order chi connectivity index (χ1) is 8.75. The van der Waals surface area contributed by atoms with Crippen LogP contribution in [0.1, 0.15) is 32.1 Å². The molecule has 3 rings (SSSR count). The summed E-state index contributed by atoms with van der Waals surface area (Å²) in [7, 11) is 0. The average molecular weight is 260 g/mol. The van der Waals surface area contributed by atoms with Gasteiger partial charge in [-0.25, -0.2) is 0 Å². The van der Waals surface area contributed by atoms with Crippen molar-refractivity contribution in [2.75, 3.05) is 0 Å². The molecule has 0 bridgehead atoms. The molecule has 3 heteroatoms. The van der Waals surface area contributed by atoms with E-state index in [0.717, 1.165) is 15.8 Å². The van der Waals surface area contributed by atoms with Crippen molar-refractivity contribution in [3.8, 4) is 0 Å². The number of nitrogens with two attached hydrogens (primary N) is 1. The molecule has 0 unspecified atom stereocenters. The molecule has 2 aromatic rings. The summed E-state index contributed by atoms with van der Waals surface area (Å²) in [6.07, 6.45) is 8.45. The molecule has 96 valence electrons. The van der Waals surface area contributed by atoms with E-state index < -0.39 is 0 Å². The van der Waals surface area contributed by atoms with E-state index in [1.165, 1.54) is 32.1 Å². The lowest BCUT2D eigenvalue weighted by molar-refractivity contribution is 0.441. The SMILES string of the molecule is NC1CCCCC1.Sc1ccc2ncccc2c1. The number of benzene rings is 1. The predicted molar refractivity (Wildman–Crippen MR) is 80.1 cm³/mol. The molecule has 1 aromatic carbocycles. The lowest BCUT2D eigenvalue weighted by Crippen LogP contribution is -2.22. The fraction of sp³-hybridized carbons (Fsp3) is 0.400. The highest BCUT2D eigenvalue weighted by molar-refractivity contribution is 7.80. The molecule has 0 atom stereocenters. The summed E-state index contributed by atoms with van der Waals surface area (Å²) in [5.41, 5.74) is 6.65. The molecule has 2 N–H and O–H groups in total. The maximum Gasteiger partial charge on any atom is 0.0702 e. The van der Waals surface area contributed by atoms with Crippen LogP contribution < -0.4 is 5.73 Å². The van der Waals surface area contributed by atoms with E-state index in [9.17, 15) is 0 Å². The molecular formula is C15H20N2S. The Morgan fingerprint density at radius 1 is 1.11 bits per heavy atom. The molecule has 0 radical (unpaired) electrons. The molecule has 18 heavy (non-hydrogen) atoms. The van der Waals surface area contributed by atoms with Crippen molar-refractivity contribution in [3.63, 3.8) is 0 Å². The van der Waals surface area contributed by atoms with Gasteiger partial charge < -0.3 is 5.73 Å². The van der Waals surface area contributed by atoms with Crippen LogP contribution in [-0.4, -0.2) is 11.0 Å². The number of pyridine rings is 1. The topological polar surface area (TPSA) is 38.9 Å². The Morgan fingerprint density at radius 3 is 2.56 bits per heavy atom. The minimum Gasteiger partial charge on any atom is -0.328 e. The van der Waals surface area contributed by atoms with E-state index in [1.807, 2.05) is 30.3 Å². The number of thiol groups is 1. The Balaban J connectivity index is 0.000000149. The Morgan fingerprint density at radius 2 is 1.89 bits per heavy atom. The summed E-state index contributed by atoms with van der Waals surface area (Å²) in [5, 5.41) is 1.14. The van der Waals surface area contributed by atoms with Gasteiger partial charge in [-0.1, -0.05) is 25.3 Å². The van der Waals surface area contributed by atoms with Gasteiger partial charge in [0.1, 0.15) is 0 Å². The van der Waals surface area contributed by atoms with Crippen LogP contribution in [0.3, 0.4) is 0 Å². The molecule has 1 heterocycles. The molecule has 1 fully saturated rings. The van der Waals surface area contributed by atoms with E-state index in [2.05, 4.69) is 17.6 Å². The van der Waals surface area contributed by atoms with Crippen molar-refractivity contribution < 1.29 is 0 Å². The van der Waals surface area contributed by atoms with Crippen molar-refractivity contribution >= 4 is 23.5 Å². The van der Waals surface area contributed by atoms with Crippen LogP contribution in [0.2, 0.25) is 0 Å². The van der Waals surface area contributed by atoms with E-state index in [1.54, 1.807) is 6.20 Å². The molecule has 0 amide bonds. The zero-order valence-corrected chi connectivity index (χ0v) is 11.4.